The van der Waals surface area contributed by atoms with Crippen LogP contribution in [0.4, 0.5) is 39.3 Å². The summed E-state index contributed by atoms with van der Waals surface area (Å²) in [5.41, 5.74) is -1.70. The van der Waals surface area contributed by atoms with E-state index in [1.807, 2.05) is 6.07 Å². The van der Waals surface area contributed by atoms with Crippen LogP contribution in [0.25, 0.3) is 37.7 Å². The van der Waals surface area contributed by atoms with Gasteiger partial charge in [-0.25, -0.2) is 9.97 Å². The van der Waals surface area contributed by atoms with Crippen LogP contribution >= 0.6 is 23.1 Å². The number of amides is 1. The third-order valence-electron chi connectivity index (χ3n) is 12.1. The molecule has 5 aromatic carbocycles. The lowest BCUT2D eigenvalue weighted by Gasteiger charge is -2.13. The van der Waals surface area contributed by atoms with Crippen molar-refractivity contribution in [1.82, 2.24) is 14.4 Å². The predicted molar refractivity (Wildman–Crippen MR) is 308 cm³/mol. The molecule has 0 atom stereocenters. The molecule has 3 heterocycles. The predicted octanol–water partition coefficient (Wildman–Crippen LogP) is 8.97. The molecule has 0 aliphatic carbocycles. The Morgan fingerprint density at radius 3 is 1.91 bits per heavy atom. The number of carbonyl (C=O) groups excluding carboxylic acids is 1. The first kappa shape index (κ1) is 64.4. The van der Waals surface area contributed by atoms with Gasteiger partial charge in [0.1, 0.15) is 43.3 Å². The molecule has 8 aromatic rings. The lowest BCUT2D eigenvalue weighted by molar-refractivity contribution is -0.114. The Bertz CT molecular complexity index is 5080. The molecule has 0 saturated carbocycles. The van der Waals surface area contributed by atoms with Crippen molar-refractivity contribution < 1.29 is 92.5 Å². The maximum atomic E-state index is 12.8. The van der Waals surface area contributed by atoms with Crippen LogP contribution in [-0.4, -0.2) is 127 Å². The highest BCUT2D eigenvalue weighted by Crippen LogP contribution is 2.46. The van der Waals surface area contributed by atoms with Crippen molar-refractivity contribution in [2.24, 2.45) is 30.7 Å². The minimum atomic E-state index is -5.32. The summed E-state index contributed by atoms with van der Waals surface area (Å²) < 4.78 is 212. The van der Waals surface area contributed by atoms with Gasteiger partial charge in [0.2, 0.25) is 16.9 Å². The van der Waals surface area contributed by atoms with Crippen LogP contribution in [0.3, 0.4) is 0 Å². The van der Waals surface area contributed by atoms with Crippen LogP contribution < -0.4 is 10.1 Å². The van der Waals surface area contributed by atoms with Crippen LogP contribution in [0.15, 0.2) is 110 Å². The van der Waals surface area contributed by atoms with E-state index >= 15 is 0 Å². The molecule has 86 heavy (non-hydrogen) atoms. The summed E-state index contributed by atoms with van der Waals surface area (Å²) in [5, 5.41) is 48.7. The number of nitrogens with one attached hydrogen (secondary N) is 1. The van der Waals surface area contributed by atoms with Gasteiger partial charge in [-0.1, -0.05) is 11.3 Å². The first-order chi connectivity index (χ1) is 39.8. The highest BCUT2D eigenvalue weighted by molar-refractivity contribution is 7.99. The topological polar surface area (TPSA) is 513 Å². The van der Waals surface area contributed by atoms with Crippen molar-refractivity contribution in [2.45, 2.75) is 65.0 Å². The second kappa shape index (κ2) is 23.9. The Hall–Kier alpha value is -7.63. The van der Waals surface area contributed by atoms with Crippen molar-refractivity contribution in [1.29, 1.82) is 5.26 Å². The van der Waals surface area contributed by atoms with Gasteiger partial charge in [0, 0.05) is 34.2 Å². The number of carbonyl (C=O) groups is 1. The molecule has 0 saturated heterocycles. The number of rotatable bonds is 21. The maximum Gasteiger partial charge on any atom is 0.298 e. The fourth-order valence-corrected chi connectivity index (χ4v) is 14.3. The molecule has 40 heteroatoms. The quantitative estimate of drug-likeness (QED) is 0.0144. The number of aryl methyl sites for hydroxylation is 2. The molecular weight excluding hydrogens is 1300 g/mol. The third kappa shape index (κ3) is 14.3. The summed E-state index contributed by atoms with van der Waals surface area (Å²) in [5.74, 6) is -3.04. The van der Waals surface area contributed by atoms with Crippen LogP contribution in [0.2, 0.25) is 0 Å². The van der Waals surface area contributed by atoms with Crippen molar-refractivity contribution in [2.75, 3.05) is 29.2 Å². The number of nitriles is 1. The van der Waals surface area contributed by atoms with E-state index in [0.717, 1.165) is 35.2 Å². The first-order valence-electron chi connectivity index (χ1n) is 23.7. The average Bonchev–Trinajstić information content (AvgIpc) is 1.49. The Labute approximate surface area is 494 Å². The van der Waals surface area contributed by atoms with Crippen LogP contribution in [0.1, 0.15) is 42.0 Å². The zero-order valence-electron chi connectivity index (χ0n) is 44.0. The number of thiazole rings is 1. The molecule has 0 unspecified atom stereocenters. The largest absolute Gasteiger partial charge is 0.493 e. The van der Waals surface area contributed by atoms with E-state index in [1.54, 1.807) is 13.8 Å². The number of anilines is 1. The van der Waals surface area contributed by atoms with Gasteiger partial charge in [-0.15, -0.1) is 37.3 Å². The summed E-state index contributed by atoms with van der Waals surface area (Å²) in [4.78, 5) is 16.7. The zero-order valence-corrected chi connectivity index (χ0v) is 50.6. The molecule has 3 aromatic heterocycles. The fraction of sp³-hybridized carbons (Fsp3) is 0.217. The molecule has 0 aliphatic rings. The average molecular weight is 1340 g/mol. The third-order valence-corrected chi connectivity index (χ3v) is 19.3. The van der Waals surface area contributed by atoms with Crippen LogP contribution in [0.5, 0.6) is 11.6 Å². The van der Waals surface area contributed by atoms with Crippen molar-refractivity contribution in [3.8, 4) is 17.7 Å². The number of aromatic nitrogens is 3. The Kier molecular flexibility index (Phi) is 17.9. The summed E-state index contributed by atoms with van der Waals surface area (Å²) in [6.07, 6.45) is -0.343. The second-order valence-electron chi connectivity index (χ2n) is 18.3. The van der Waals surface area contributed by atoms with Crippen molar-refractivity contribution in [3.05, 3.63) is 76.9 Å². The number of azo groups is 3. The smallest absolute Gasteiger partial charge is 0.298 e. The van der Waals surface area contributed by atoms with Crippen molar-refractivity contribution >= 4 is 167 Å². The number of benzene rings is 5. The van der Waals surface area contributed by atoms with Gasteiger partial charge in [0.05, 0.1) is 61.5 Å². The van der Waals surface area contributed by atoms with Gasteiger partial charge in [-0.2, -0.15) is 60.9 Å². The van der Waals surface area contributed by atoms with E-state index in [2.05, 4.69) is 46.0 Å². The summed E-state index contributed by atoms with van der Waals surface area (Å²) in [6.45, 7) is 5.16. The van der Waals surface area contributed by atoms with Gasteiger partial charge in [0.15, 0.2) is 11.3 Å². The maximum absolute atomic E-state index is 12.8. The molecule has 8 N–H and O–H groups in total. The molecule has 1 amide bonds. The number of hydrogen-bond donors (Lipinski definition) is 8. The minimum absolute atomic E-state index is 0.0164. The van der Waals surface area contributed by atoms with Crippen molar-refractivity contribution in [3.63, 3.8) is 0 Å². The Morgan fingerprint density at radius 2 is 1.30 bits per heavy atom. The fourth-order valence-electron chi connectivity index (χ4n) is 8.35. The highest BCUT2D eigenvalue weighted by atomic mass is 32.2. The normalized spacial score (nSPS) is 13.1. The standard InChI is InChI=1S/C46H41N11O21S8/c1-21-13-33(53-55-39-23(3)28(20-47)44-49-29-7-8-30(48-24(4)58)43(86(75,76)77)41(29)57(44)45(39)59)35(78-9-5-11-81(60,61)62)18-31(21)51-54-34-14-22(2)32(19-36(34)79-10-6-12-82(63,64)65)52-56-46-50-40-38(85(72,73)74)17-26-27(42(40)80-46)15-25(83(66,67)68)16-37(26)84(69,70)71/h7-8,13-19,59H,5-6,9-12H2,1-4H3,(H,48,58)(H,60,61,62)(H,63,64,65)(H,66,67,68)(H,69,70,71)(H,72,73,74)(H,75,76,77). The number of pyridine rings is 1. The molecular formula is C46H41N11O21S8. The van der Waals surface area contributed by atoms with E-state index in [9.17, 15) is 93.0 Å². The Balaban J connectivity index is 1.22. The highest BCUT2D eigenvalue weighted by Gasteiger charge is 2.30. The molecule has 0 radical (unpaired) electrons. The van der Waals surface area contributed by atoms with E-state index in [0.29, 0.717) is 34.6 Å². The van der Waals surface area contributed by atoms with E-state index in [4.69, 9.17) is 4.74 Å². The minimum Gasteiger partial charge on any atom is -0.493 e. The second-order valence-corrected chi connectivity index (χ2v) is 29.1. The zero-order chi connectivity index (χ0) is 63.4. The number of thioether (sulfide) groups is 1. The number of aromatic hydroxyl groups is 1. The number of imidazole rings is 1. The lowest BCUT2D eigenvalue weighted by atomic mass is 10.1. The van der Waals surface area contributed by atoms with Gasteiger partial charge < -0.3 is 15.2 Å². The number of ether oxygens (including phenoxy) is 1. The molecule has 0 bridgehead atoms. The van der Waals surface area contributed by atoms with E-state index in [-0.39, 0.29) is 96.1 Å². The SMILES string of the molecule is CC(=O)Nc1ccc2nc3c(C#N)c(C)c(N=Nc4cc(C)c(N=Nc5cc(C)c(N=Nc6nc7c(S(=O)(=O)O)cc8c(S(=O)(=O)O)cc(S(=O)(=O)O)cc8c7s6)cc5SCCCS(=O)(=O)O)cc4OCCCS(=O)(=O)O)c(O)n3c2c1S(=O)(=O)O. The van der Waals surface area contributed by atoms with E-state index in [1.165, 1.54) is 37.3 Å². The van der Waals surface area contributed by atoms with Gasteiger partial charge in [0.25, 0.3) is 60.7 Å². The van der Waals surface area contributed by atoms with E-state index < -0.39 is 131 Å². The first-order valence-corrected chi connectivity index (χ1v) is 34.5. The number of nitrogens with zero attached hydrogens (tertiary/aromatic N) is 10. The number of hydrogen-bond acceptors (Lipinski definition) is 26. The van der Waals surface area contributed by atoms with Gasteiger partial charge >= 0.3 is 0 Å². The Morgan fingerprint density at radius 1 is 0.698 bits per heavy atom. The molecule has 0 fully saturated rings. The molecule has 0 spiro atoms. The van der Waals surface area contributed by atoms with Gasteiger partial charge in [-0.3, -0.25) is 36.5 Å². The van der Waals surface area contributed by atoms with Gasteiger partial charge in [-0.05, 0) is 99.0 Å². The summed E-state index contributed by atoms with van der Waals surface area (Å²) in [6, 6.07) is 11.7. The monoisotopic (exact) mass is 1340 g/mol. The lowest BCUT2D eigenvalue weighted by Crippen LogP contribution is -2.11. The molecule has 454 valence electrons. The molecule has 8 rings (SSSR count). The summed E-state index contributed by atoms with van der Waals surface area (Å²) >= 11 is 1.55. The molecule has 0 aliphatic heterocycles. The summed E-state index contributed by atoms with van der Waals surface area (Å²) in [7, 11) is -29.8. The van der Waals surface area contributed by atoms with Crippen LogP contribution in [-0.2, 0) is 65.5 Å². The van der Waals surface area contributed by atoms with Crippen LogP contribution in [0, 0.1) is 32.1 Å². The number of fused-ring (bicyclic) bond motifs is 6. The molecule has 32 nitrogen and oxygen atoms in total.